The molecule has 4 rings (SSSR count). The van der Waals surface area contributed by atoms with Crippen molar-refractivity contribution >= 4 is 28.8 Å². The maximum absolute atomic E-state index is 12.9. The number of hydrogen-bond donors (Lipinski definition) is 3. The lowest BCUT2D eigenvalue weighted by molar-refractivity contribution is -0.170. The number of allylic oxidation sites excluding steroid dienone is 1. The Morgan fingerprint density at radius 2 is 2.04 bits per heavy atom. The molecule has 1 unspecified atom stereocenters. The van der Waals surface area contributed by atoms with Crippen molar-refractivity contribution in [3.63, 3.8) is 0 Å². The number of amides is 2. The van der Waals surface area contributed by atoms with Crippen LogP contribution in [0.2, 0.25) is 0 Å². The largest absolute Gasteiger partial charge is 0.363 e. The molecule has 2 saturated heterocycles. The first-order valence-corrected chi connectivity index (χ1v) is 9.10. The van der Waals surface area contributed by atoms with Crippen LogP contribution in [-0.2, 0) is 15.0 Å². The highest BCUT2D eigenvalue weighted by Gasteiger charge is 2.52. The first-order valence-electron chi connectivity index (χ1n) is 9.10. The van der Waals surface area contributed by atoms with E-state index in [1.807, 2.05) is 44.2 Å². The maximum atomic E-state index is 12.9. The lowest BCUT2D eigenvalue weighted by Crippen LogP contribution is -2.63. The van der Waals surface area contributed by atoms with E-state index in [0.717, 1.165) is 22.2 Å². The minimum absolute atomic E-state index is 0.178. The minimum Gasteiger partial charge on any atom is -0.363 e. The van der Waals surface area contributed by atoms with Gasteiger partial charge in [0, 0.05) is 40.5 Å². The number of H-pyrrole nitrogens is 1. The van der Waals surface area contributed by atoms with Crippen LogP contribution >= 0.6 is 0 Å². The van der Waals surface area contributed by atoms with Gasteiger partial charge in [-0.05, 0) is 18.6 Å². The summed E-state index contributed by atoms with van der Waals surface area (Å²) in [6.45, 7) is 8.37. The maximum Gasteiger partial charge on any atom is 0.277 e. The Morgan fingerprint density at radius 1 is 1.30 bits per heavy atom. The van der Waals surface area contributed by atoms with Crippen LogP contribution < -0.4 is 5.32 Å². The topological polar surface area (TPSA) is 85.4 Å². The van der Waals surface area contributed by atoms with E-state index in [2.05, 4.69) is 16.9 Å². The summed E-state index contributed by atoms with van der Waals surface area (Å²) in [4.78, 5) is 30.1. The lowest BCUT2D eigenvalue weighted by atomic mass is 9.86. The molecule has 0 bridgehead atoms. The van der Waals surface area contributed by atoms with E-state index in [9.17, 15) is 14.7 Å². The molecule has 1 aromatic heterocycles. The van der Waals surface area contributed by atoms with E-state index < -0.39 is 11.6 Å². The molecule has 2 aliphatic heterocycles. The zero-order valence-electron chi connectivity index (χ0n) is 15.5. The Labute approximate surface area is 157 Å². The molecule has 27 heavy (non-hydrogen) atoms. The number of fused-ring (bicyclic) bond motifs is 2. The summed E-state index contributed by atoms with van der Waals surface area (Å²) >= 11 is 0. The number of aromatic amines is 1. The molecule has 1 atom stereocenters. The lowest BCUT2D eigenvalue weighted by Gasteiger charge is -2.37. The van der Waals surface area contributed by atoms with Crippen LogP contribution in [0.25, 0.3) is 17.0 Å². The molecule has 0 aliphatic carbocycles. The summed E-state index contributed by atoms with van der Waals surface area (Å²) in [5, 5.41) is 14.1. The molecule has 2 amide bonds. The average Bonchev–Trinajstić information content (AvgIpc) is 3.22. The van der Waals surface area contributed by atoms with Crippen molar-refractivity contribution in [2.24, 2.45) is 0 Å². The van der Waals surface area contributed by atoms with Crippen molar-refractivity contribution in [1.29, 1.82) is 0 Å². The summed E-state index contributed by atoms with van der Waals surface area (Å²) < 4.78 is 0. The molecule has 3 N–H and O–H groups in total. The van der Waals surface area contributed by atoms with Gasteiger partial charge in [-0.1, -0.05) is 38.1 Å². The number of para-hydroxylation sites is 1. The van der Waals surface area contributed by atoms with E-state index >= 15 is 0 Å². The monoisotopic (exact) mass is 365 g/mol. The standard InChI is InChI=1S/C21H23N3O3/c1-4-20(2,3)17-14(13-8-5-6-9-15(13)22-17)12-16-18(25)24-11-7-10-21(24,27)19(26)23-16/h4-6,8-9,12,22,27H,1,7,10-11H2,2-3H3,(H,23,26)/b16-12-. The van der Waals surface area contributed by atoms with Gasteiger partial charge < -0.3 is 20.3 Å². The second-order valence-corrected chi connectivity index (χ2v) is 7.77. The number of piperazine rings is 1. The molecule has 6 heteroatoms. The normalized spacial score (nSPS) is 24.4. The van der Waals surface area contributed by atoms with Crippen molar-refractivity contribution in [3.05, 3.63) is 53.9 Å². The van der Waals surface area contributed by atoms with Gasteiger partial charge in [-0.15, -0.1) is 6.58 Å². The van der Waals surface area contributed by atoms with Gasteiger partial charge in [-0.25, -0.2) is 0 Å². The zero-order chi connectivity index (χ0) is 19.4. The Hall–Kier alpha value is -2.86. The van der Waals surface area contributed by atoms with Crippen molar-refractivity contribution in [1.82, 2.24) is 15.2 Å². The van der Waals surface area contributed by atoms with Crippen LogP contribution in [0.1, 0.15) is 37.9 Å². The van der Waals surface area contributed by atoms with Crippen LogP contribution in [0.3, 0.4) is 0 Å². The van der Waals surface area contributed by atoms with E-state index in [1.54, 1.807) is 6.08 Å². The fraction of sp³-hybridized carbons (Fsp3) is 0.333. The third-order valence-electron chi connectivity index (χ3n) is 5.63. The van der Waals surface area contributed by atoms with Gasteiger partial charge in [0.2, 0.25) is 5.72 Å². The van der Waals surface area contributed by atoms with Crippen molar-refractivity contribution < 1.29 is 14.7 Å². The van der Waals surface area contributed by atoms with Crippen LogP contribution in [0.5, 0.6) is 0 Å². The van der Waals surface area contributed by atoms with Crippen LogP contribution in [0.4, 0.5) is 0 Å². The zero-order valence-corrected chi connectivity index (χ0v) is 15.5. The van der Waals surface area contributed by atoms with Crippen molar-refractivity contribution in [2.45, 2.75) is 37.8 Å². The molecule has 3 heterocycles. The number of hydrogen-bond acceptors (Lipinski definition) is 3. The predicted molar refractivity (Wildman–Crippen MR) is 104 cm³/mol. The second-order valence-electron chi connectivity index (χ2n) is 7.77. The minimum atomic E-state index is -1.72. The fourth-order valence-electron chi connectivity index (χ4n) is 3.90. The van der Waals surface area contributed by atoms with Gasteiger partial charge in [-0.3, -0.25) is 9.59 Å². The molecule has 2 fully saturated rings. The number of aromatic nitrogens is 1. The highest BCUT2D eigenvalue weighted by atomic mass is 16.3. The van der Waals surface area contributed by atoms with Crippen molar-refractivity contribution in [3.8, 4) is 0 Å². The van der Waals surface area contributed by atoms with E-state index in [1.165, 1.54) is 4.90 Å². The number of nitrogens with zero attached hydrogens (tertiary/aromatic N) is 1. The Bertz CT molecular complexity index is 1000. The molecule has 0 saturated carbocycles. The summed E-state index contributed by atoms with van der Waals surface area (Å²) in [5.41, 5.74) is 0.789. The molecule has 140 valence electrons. The molecular formula is C21H23N3O3. The summed E-state index contributed by atoms with van der Waals surface area (Å²) in [5.74, 6) is -0.905. The molecule has 1 aromatic carbocycles. The van der Waals surface area contributed by atoms with E-state index in [0.29, 0.717) is 13.0 Å². The van der Waals surface area contributed by atoms with Gasteiger partial charge in [0.1, 0.15) is 5.70 Å². The van der Waals surface area contributed by atoms with Gasteiger partial charge >= 0.3 is 0 Å². The SMILES string of the molecule is C=CC(C)(C)c1[nH]c2ccccc2c1/C=C1\NC(=O)C2(O)CCCN2C1=O. The quantitative estimate of drug-likeness (QED) is 0.577. The number of benzene rings is 1. The number of carbonyl (C=O) groups excluding carboxylic acids is 2. The summed E-state index contributed by atoms with van der Waals surface area (Å²) in [7, 11) is 0. The van der Waals surface area contributed by atoms with Crippen molar-refractivity contribution in [2.75, 3.05) is 6.54 Å². The number of aliphatic hydroxyl groups is 1. The highest BCUT2D eigenvalue weighted by molar-refractivity contribution is 6.10. The van der Waals surface area contributed by atoms with E-state index in [4.69, 9.17) is 0 Å². The van der Waals surface area contributed by atoms with Gasteiger partial charge in [0.15, 0.2) is 0 Å². The van der Waals surface area contributed by atoms with Gasteiger partial charge in [0.25, 0.3) is 11.8 Å². The Balaban J connectivity index is 1.88. The third-order valence-corrected chi connectivity index (χ3v) is 5.63. The van der Waals surface area contributed by atoms with E-state index in [-0.39, 0.29) is 23.4 Å². The van der Waals surface area contributed by atoms with Crippen LogP contribution in [0, 0.1) is 0 Å². The third kappa shape index (κ3) is 2.51. The molecule has 0 radical (unpaired) electrons. The second kappa shape index (κ2) is 5.82. The molecule has 2 aliphatic rings. The highest BCUT2D eigenvalue weighted by Crippen LogP contribution is 2.36. The Morgan fingerprint density at radius 3 is 2.78 bits per heavy atom. The average molecular weight is 365 g/mol. The smallest absolute Gasteiger partial charge is 0.277 e. The Kier molecular flexibility index (Phi) is 3.78. The molecule has 6 nitrogen and oxygen atoms in total. The predicted octanol–water partition coefficient (Wildman–Crippen LogP) is 2.41. The summed E-state index contributed by atoms with van der Waals surface area (Å²) in [6, 6.07) is 7.82. The van der Waals surface area contributed by atoms with Crippen LogP contribution in [0.15, 0.2) is 42.6 Å². The number of carbonyl (C=O) groups is 2. The molecule has 0 spiro atoms. The molecular weight excluding hydrogens is 342 g/mol. The number of nitrogens with one attached hydrogen (secondary N) is 2. The number of rotatable bonds is 3. The molecule has 2 aromatic rings. The first-order chi connectivity index (χ1) is 12.8. The summed E-state index contributed by atoms with van der Waals surface area (Å²) in [6.07, 6.45) is 4.42. The first kappa shape index (κ1) is 17.5. The van der Waals surface area contributed by atoms with Gasteiger partial charge in [-0.2, -0.15) is 0 Å². The van der Waals surface area contributed by atoms with Gasteiger partial charge in [0.05, 0.1) is 0 Å². The van der Waals surface area contributed by atoms with Crippen LogP contribution in [-0.4, -0.2) is 39.1 Å². The fourth-order valence-corrected chi connectivity index (χ4v) is 3.90.